The van der Waals surface area contributed by atoms with Crippen molar-refractivity contribution in [2.45, 2.75) is 26.8 Å². The number of hydrogen-bond donors (Lipinski definition) is 1. The van der Waals surface area contributed by atoms with Crippen molar-refractivity contribution in [1.29, 1.82) is 0 Å². The maximum absolute atomic E-state index is 5.64. The number of nitrogens with zero attached hydrogens (tertiary/aromatic N) is 1. The van der Waals surface area contributed by atoms with Gasteiger partial charge in [-0.1, -0.05) is 18.2 Å². The highest BCUT2D eigenvalue weighted by Crippen LogP contribution is 2.24. The number of rotatable bonds is 3. The van der Waals surface area contributed by atoms with E-state index in [1.54, 1.807) is 0 Å². The van der Waals surface area contributed by atoms with Crippen LogP contribution in [0.1, 0.15) is 18.1 Å². The fourth-order valence-electron chi connectivity index (χ4n) is 2.22. The highest BCUT2D eigenvalue weighted by molar-refractivity contribution is 5.86. The fourth-order valence-corrected chi connectivity index (χ4v) is 2.22. The summed E-state index contributed by atoms with van der Waals surface area (Å²) in [4.78, 5) is 0. The van der Waals surface area contributed by atoms with Crippen molar-refractivity contribution in [3.63, 3.8) is 0 Å². The molecule has 0 saturated carbocycles. The number of aromatic nitrogens is 1. The molecule has 0 unspecified atom stereocenters. The van der Waals surface area contributed by atoms with Crippen molar-refractivity contribution >= 4 is 10.9 Å². The predicted molar refractivity (Wildman–Crippen MR) is 65.1 cm³/mol. The fraction of sp³-hybridized carbons (Fsp3) is 0.385. The SMILES string of the molecule is CCn1cc(C)c2cccc(CCN)c21. The number of hydrogen-bond acceptors (Lipinski definition) is 1. The van der Waals surface area contributed by atoms with Crippen LogP contribution in [0.15, 0.2) is 24.4 Å². The molecule has 0 atom stereocenters. The monoisotopic (exact) mass is 202 g/mol. The number of nitrogens with two attached hydrogens (primary N) is 1. The zero-order chi connectivity index (χ0) is 10.8. The quantitative estimate of drug-likeness (QED) is 0.814. The van der Waals surface area contributed by atoms with Gasteiger partial charge in [0.15, 0.2) is 0 Å². The first-order chi connectivity index (χ1) is 7.27. The Bertz CT molecular complexity index is 469. The van der Waals surface area contributed by atoms with Crippen LogP contribution < -0.4 is 5.73 Å². The van der Waals surface area contributed by atoms with Crippen molar-refractivity contribution in [3.8, 4) is 0 Å². The molecular weight excluding hydrogens is 184 g/mol. The third-order valence-corrected chi connectivity index (χ3v) is 2.94. The Kier molecular flexibility index (Phi) is 2.78. The minimum absolute atomic E-state index is 0.715. The molecule has 0 spiro atoms. The van der Waals surface area contributed by atoms with Gasteiger partial charge < -0.3 is 10.3 Å². The minimum Gasteiger partial charge on any atom is -0.347 e. The Labute approximate surface area is 90.7 Å². The molecule has 0 aliphatic carbocycles. The highest BCUT2D eigenvalue weighted by atomic mass is 14.9. The lowest BCUT2D eigenvalue weighted by Gasteiger charge is -2.06. The van der Waals surface area contributed by atoms with Crippen molar-refractivity contribution in [2.75, 3.05) is 6.54 Å². The molecular formula is C13H18N2. The summed E-state index contributed by atoms with van der Waals surface area (Å²) >= 11 is 0. The van der Waals surface area contributed by atoms with Crippen LogP contribution in [0.4, 0.5) is 0 Å². The number of fused-ring (bicyclic) bond motifs is 1. The largest absolute Gasteiger partial charge is 0.347 e. The van der Waals surface area contributed by atoms with Gasteiger partial charge >= 0.3 is 0 Å². The molecule has 0 bridgehead atoms. The molecule has 1 aromatic heterocycles. The van der Waals surface area contributed by atoms with Crippen LogP contribution in [0, 0.1) is 6.92 Å². The highest BCUT2D eigenvalue weighted by Gasteiger charge is 2.07. The topological polar surface area (TPSA) is 30.9 Å². The molecule has 80 valence electrons. The third-order valence-electron chi connectivity index (χ3n) is 2.94. The second-order valence-corrected chi connectivity index (χ2v) is 3.95. The van der Waals surface area contributed by atoms with Gasteiger partial charge in [-0.3, -0.25) is 0 Å². The van der Waals surface area contributed by atoms with E-state index < -0.39 is 0 Å². The van der Waals surface area contributed by atoms with Crippen molar-refractivity contribution in [2.24, 2.45) is 5.73 Å². The molecule has 2 aromatic rings. The van der Waals surface area contributed by atoms with Crippen molar-refractivity contribution in [3.05, 3.63) is 35.5 Å². The van der Waals surface area contributed by atoms with Crippen LogP contribution in [-0.2, 0) is 13.0 Å². The van der Waals surface area contributed by atoms with E-state index in [4.69, 9.17) is 5.73 Å². The van der Waals surface area contributed by atoms with E-state index in [-0.39, 0.29) is 0 Å². The predicted octanol–water partition coefficient (Wildman–Crippen LogP) is 2.47. The van der Waals surface area contributed by atoms with Gasteiger partial charge in [-0.15, -0.1) is 0 Å². The van der Waals surface area contributed by atoms with Crippen LogP contribution in [0.2, 0.25) is 0 Å². The van der Waals surface area contributed by atoms with Crippen LogP contribution >= 0.6 is 0 Å². The van der Waals surface area contributed by atoms with Crippen LogP contribution in [0.25, 0.3) is 10.9 Å². The Morgan fingerprint density at radius 1 is 1.33 bits per heavy atom. The molecule has 2 heteroatoms. The Morgan fingerprint density at radius 2 is 2.13 bits per heavy atom. The first-order valence-electron chi connectivity index (χ1n) is 5.55. The molecule has 15 heavy (non-hydrogen) atoms. The summed E-state index contributed by atoms with van der Waals surface area (Å²) in [5.74, 6) is 0. The number of benzene rings is 1. The van der Waals surface area contributed by atoms with Crippen LogP contribution in [0.5, 0.6) is 0 Å². The summed E-state index contributed by atoms with van der Waals surface area (Å²) in [5.41, 5.74) is 9.72. The zero-order valence-corrected chi connectivity index (χ0v) is 9.46. The van der Waals surface area contributed by atoms with E-state index >= 15 is 0 Å². The second-order valence-electron chi connectivity index (χ2n) is 3.95. The van der Waals surface area contributed by atoms with Gasteiger partial charge in [0.2, 0.25) is 0 Å². The average molecular weight is 202 g/mol. The molecule has 2 rings (SSSR count). The molecule has 2 nitrogen and oxygen atoms in total. The molecule has 0 saturated heterocycles. The van der Waals surface area contributed by atoms with Crippen LogP contribution in [0.3, 0.4) is 0 Å². The van der Waals surface area contributed by atoms with Gasteiger partial charge in [0.25, 0.3) is 0 Å². The zero-order valence-electron chi connectivity index (χ0n) is 9.46. The lowest BCUT2D eigenvalue weighted by molar-refractivity contribution is 0.789. The summed E-state index contributed by atoms with van der Waals surface area (Å²) < 4.78 is 2.32. The van der Waals surface area contributed by atoms with E-state index in [1.165, 1.54) is 22.0 Å². The van der Waals surface area contributed by atoms with Crippen molar-refractivity contribution < 1.29 is 0 Å². The van der Waals surface area contributed by atoms with Gasteiger partial charge in [0.05, 0.1) is 5.52 Å². The molecule has 0 amide bonds. The molecule has 0 aliphatic heterocycles. The van der Waals surface area contributed by atoms with E-state index in [0.717, 1.165) is 13.0 Å². The first-order valence-corrected chi connectivity index (χ1v) is 5.55. The Morgan fingerprint density at radius 3 is 2.80 bits per heavy atom. The van der Waals surface area contributed by atoms with E-state index in [0.29, 0.717) is 6.54 Å². The minimum atomic E-state index is 0.715. The Balaban J connectivity index is 2.70. The van der Waals surface area contributed by atoms with E-state index in [2.05, 4.69) is 42.8 Å². The smallest absolute Gasteiger partial charge is 0.0515 e. The van der Waals surface area contributed by atoms with Gasteiger partial charge in [0.1, 0.15) is 0 Å². The number of para-hydroxylation sites is 1. The van der Waals surface area contributed by atoms with Gasteiger partial charge in [-0.25, -0.2) is 0 Å². The van der Waals surface area contributed by atoms with Gasteiger partial charge in [0, 0.05) is 18.1 Å². The molecule has 2 N–H and O–H groups in total. The molecule has 0 fully saturated rings. The van der Waals surface area contributed by atoms with Gasteiger partial charge in [-0.05, 0) is 37.9 Å². The summed E-state index contributed by atoms with van der Waals surface area (Å²) in [6.45, 7) is 6.08. The summed E-state index contributed by atoms with van der Waals surface area (Å²) in [6, 6.07) is 6.50. The summed E-state index contributed by atoms with van der Waals surface area (Å²) in [7, 11) is 0. The summed E-state index contributed by atoms with van der Waals surface area (Å²) in [5, 5.41) is 1.36. The van der Waals surface area contributed by atoms with E-state index in [9.17, 15) is 0 Å². The van der Waals surface area contributed by atoms with Crippen molar-refractivity contribution in [1.82, 2.24) is 4.57 Å². The summed E-state index contributed by atoms with van der Waals surface area (Å²) in [6.07, 6.45) is 3.19. The standard InChI is InChI=1S/C13H18N2/c1-3-15-9-10(2)12-6-4-5-11(7-8-14)13(12)15/h4-6,9H,3,7-8,14H2,1-2H3. The molecule has 0 aliphatic rings. The average Bonchev–Trinajstić information content (AvgIpc) is 2.58. The first kappa shape index (κ1) is 10.2. The third kappa shape index (κ3) is 1.65. The second kappa shape index (κ2) is 4.07. The van der Waals surface area contributed by atoms with Crippen LogP contribution in [-0.4, -0.2) is 11.1 Å². The maximum atomic E-state index is 5.64. The molecule has 1 aromatic carbocycles. The molecule has 1 heterocycles. The normalized spacial score (nSPS) is 11.1. The van der Waals surface area contributed by atoms with E-state index in [1.807, 2.05) is 0 Å². The van der Waals surface area contributed by atoms with Gasteiger partial charge in [-0.2, -0.15) is 0 Å². The maximum Gasteiger partial charge on any atom is 0.0515 e. The Hall–Kier alpha value is -1.28. The number of aryl methyl sites for hydroxylation is 2. The molecule has 0 radical (unpaired) electrons. The lowest BCUT2D eigenvalue weighted by atomic mass is 10.1. The lowest BCUT2D eigenvalue weighted by Crippen LogP contribution is -2.04.